The molecule has 0 spiro atoms. The van der Waals surface area contributed by atoms with Crippen molar-refractivity contribution in [3.63, 3.8) is 0 Å². The van der Waals surface area contributed by atoms with Gasteiger partial charge in [-0.3, -0.25) is 4.79 Å². The number of hydrogen-bond donors (Lipinski definition) is 0. The maximum atomic E-state index is 12.9. The van der Waals surface area contributed by atoms with E-state index in [-0.39, 0.29) is 18.2 Å². The van der Waals surface area contributed by atoms with Crippen LogP contribution in [0, 0.1) is 6.92 Å². The highest BCUT2D eigenvalue weighted by atomic mass is 16.5. The first-order valence-electron chi connectivity index (χ1n) is 10.7. The molecular formula is C26H29N3O3. The van der Waals surface area contributed by atoms with E-state index in [1.165, 1.54) is 0 Å². The quantitative estimate of drug-likeness (QED) is 0.369. The minimum atomic E-state index is -0.466. The van der Waals surface area contributed by atoms with Crippen LogP contribution >= 0.6 is 0 Å². The van der Waals surface area contributed by atoms with Crippen LogP contribution in [0.5, 0.6) is 0 Å². The molecule has 0 bridgehead atoms. The van der Waals surface area contributed by atoms with Crippen LogP contribution in [-0.2, 0) is 4.74 Å². The summed E-state index contributed by atoms with van der Waals surface area (Å²) in [6.45, 7) is 12.9. The summed E-state index contributed by atoms with van der Waals surface area (Å²) in [4.78, 5) is 27.0. The molecule has 0 N–H and O–H groups in total. The number of likely N-dealkylation sites (N-methyl/N-ethyl adjacent to an activating group) is 1. The first-order valence-corrected chi connectivity index (χ1v) is 10.7. The molecule has 0 aliphatic rings. The molecule has 0 radical (unpaired) electrons. The molecule has 0 aliphatic carbocycles. The van der Waals surface area contributed by atoms with Crippen molar-refractivity contribution in [1.29, 1.82) is 0 Å². The SMILES string of the molecule is C=C(C)CN(CC)C(=O)c1ccc(-n2nc(C(=O)OCC)cc2-c2ccccc2C)cc1. The molecule has 1 amide bonds. The van der Waals surface area contributed by atoms with Gasteiger partial charge in [0.05, 0.1) is 18.0 Å². The third-order valence-corrected chi connectivity index (χ3v) is 5.10. The number of amides is 1. The molecule has 6 heteroatoms. The molecular weight excluding hydrogens is 402 g/mol. The van der Waals surface area contributed by atoms with Crippen LogP contribution in [0.2, 0.25) is 0 Å². The standard InChI is InChI=1S/C26H29N3O3/c1-6-28(17-18(3)4)25(30)20-12-14-21(15-13-20)29-24(22-11-9-8-10-19(22)5)16-23(27-29)26(31)32-7-2/h8-16H,3,6-7,17H2,1-2,4-5H3. The number of aryl methyl sites for hydroxylation is 1. The van der Waals surface area contributed by atoms with E-state index in [0.717, 1.165) is 28.1 Å². The number of carbonyl (C=O) groups excluding carboxylic acids is 2. The molecule has 6 nitrogen and oxygen atoms in total. The fourth-order valence-electron chi connectivity index (χ4n) is 3.52. The summed E-state index contributed by atoms with van der Waals surface area (Å²) in [6.07, 6.45) is 0. The maximum Gasteiger partial charge on any atom is 0.358 e. The van der Waals surface area contributed by atoms with E-state index in [0.29, 0.717) is 18.7 Å². The van der Waals surface area contributed by atoms with Crippen molar-refractivity contribution in [1.82, 2.24) is 14.7 Å². The summed E-state index contributed by atoms with van der Waals surface area (Å²) in [7, 11) is 0. The molecule has 166 valence electrons. The monoisotopic (exact) mass is 431 g/mol. The van der Waals surface area contributed by atoms with E-state index in [1.54, 1.807) is 34.7 Å². The largest absolute Gasteiger partial charge is 0.461 e. The van der Waals surface area contributed by atoms with Crippen LogP contribution < -0.4 is 0 Å². The van der Waals surface area contributed by atoms with E-state index in [1.807, 2.05) is 57.2 Å². The Labute approximate surface area is 189 Å². The van der Waals surface area contributed by atoms with Gasteiger partial charge in [0.25, 0.3) is 5.91 Å². The average Bonchev–Trinajstić information content (AvgIpc) is 3.23. The van der Waals surface area contributed by atoms with Gasteiger partial charge in [0, 0.05) is 24.2 Å². The molecule has 32 heavy (non-hydrogen) atoms. The van der Waals surface area contributed by atoms with Gasteiger partial charge >= 0.3 is 5.97 Å². The second-order valence-corrected chi connectivity index (χ2v) is 7.69. The first kappa shape index (κ1) is 23.0. The topological polar surface area (TPSA) is 64.4 Å². The Kier molecular flexibility index (Phi) is 7.25. The Morgan fingerprint density at radius 1 is 1.09 bits per heavy atom. The van der Waals surface area contributed by atoms with Crippen molar-refractivity contribution in [2.45, 2.75) is 27.7 Å². The first-order chi connectivity index (χ1) is 15.3. The van der Waals surface area contributed by atoms with Crippen molar-refractivity contribution in [3.8, 4) is 16.9 Å². The molecule has 2 aromatic carbocycles. The Hall–Kier alpha value is -3.67. The molecule has 3 rings (SSSR count). The van der Waals surface area contributed by atoms with E-state index in [2.05, 4.69) is 11.7 Å². The minimum absolute atomic E-state index is 0.0474. The van der Waals surface area contributed by atoms with Crippen LogP contribution in [0.3, 0.4) is 0 Å². The summed E-state index contributed by atoms with van der Waals surface area (Å²) in [5.74, 6) is -0.514. The van der Waals surface area contributed by atoms with Crippen LogP contribution in [0.15, 0.2) is 66.7 Å². The minimum Gasteiger partial charge on any atom is -0.461 e. The Morgan fingerprint density at radius 2 is 1.78 bits per heavy atom. The zero-order valence-corrected chi connectivity index (χ0v) is 19.1. The van der Waals surface area contributed by atoms with Gasteiger partial charge in [-0.05, 0) is 63.6 Å². The Morgan fingerprint density at radius 3 is 2.38 bits per heavy atom. The molecule has 1 heterocycles. The summed E-state index contributed by atoms with van der Waals surface area (Å²) in [5.41, 5.74) is 5.32. The second kappa shape index (κ2) is 10.1. The number of benzene rings is 2. The van der Waals surface area contributed by atoms with E-state index in [9.17, 15) is 9.59 Å². The van der Waals surface area contributed by atoms with Crippen molar-refractivity contribution < 1.29 is 14.3 Å². The van der Waals surface area contributed by atoms with Crippen molar-refractivity contribution >= 4 is 11.9 Å². The van der Waals surface area contributed by atoms with Crippen LogP contribution in [0.25, 0.3) is 16.9 Å². The van der Waals surface area contributed by atoms with Gasteiger partial charge in [0.15, 0.2) is 5.69 Å². The number of nitrogens with zero attached hydrogens (tertiary/aromatic N) is 3. The lowest BCUT2D eigenvalue weighted by molar-refractivity contribution is 0.0518. The van der Waals surface area contributed by atoms with Crippen LogP contribution in [0.1, 0.15) is 47.2 Å². The van der Waals surface area contributed by atoms with Gasteiger partial charge in [-0.1, -0.05) is 36.4 Å². The van der Waals surface area contributed by atoms with Gasteiger partial charge < -0.3 is 9.64 Å². The van der Waals surface area contributed by atoms with Crippen molar-refractivity contribution in [2.24, 2.45) is 0 Å². The highest BCUT2D eigenvalue weighted by Crippen LogP contribution is 2.27. The highest BCUT2D eigenvalue weighted by molar-refractivity contribution is 5.94. The normalized spacial score (nSPS) is 10.6. The summed E-state index contributed by atoms with van der Waals surface area (Å²) in [5, 5.41) is 4.52. The highest BCUT2D eigenvalue weighted by Gasteiger charge is 2.19. The number of rotatable bonds is 8. The number of aromatic nitrogens is 2. The Balaban J connectivity index is 2.01. The molecule has 0 aliphatic heterocycles. The molecule has 0 unspecified atom stereocenters. The predicted octanol–water partition coefficient (Wildman–Crippen LogP) is 5.06. The predicted molar refractivity (Wildman–Crippen MR) is 126 cm³/mol. The summed E-state index contributed by atoms with van der Waals surface area (Å²) in [6, 6.07) is 16.9. The van der Waals surface area contributed by atoms with Gasteiger partial charge in [-0.2, -0.15) is 5.10 Å². The fourth-order valence-corrected chi connectivity index (χ4v) is 3.52. The van der Waals surface area contributed by atoms with Gasteiger partial charge in [0.1, 0.15) is 0 Å². The zero-order chi connectivity index (χ0) is 23.3. The fraction of sp³-hybridized carbons (Fsp3) is 0.269. The number of hydrogen-bond acceptors (Lipinski definition) is 4. The lowest BCUT2D eigenvalue weighted by Crippen LogP contribution is -2.32. The number of esters is 1. The number of ether oxygens (including phenoxy) is 1. The van der Waals surface area contributed by atoms with Crippen molar-refractivity contribution in [2.75, 3.05) is 19.7 Å². The van der Waals surface area contributed by atoms with Crippen LogP contribution in [0.4, 0.5) is 0 Å². The molecule has 0 saturated carbocycles. The summed E-state index contributed by atoms with van der Waals surface area (Å²) < 4.78 is 6.86. The lowest BCUT2D eigenvalue weighted by Gasteiger charge is -2.21. The molecule has 0 fully saturated rings. The van der Waals surface area contributed by atoms with Crippen LogP contribution in [-0.4, -0.2) is 46.3 Å². The van der Waals surface area contributed by atoms with E-state index in [4.69, 9.17) is 4.74 Å². The zero-order valence-electron chi connectivity index (χ0n) is 19.1. The molecule has 1 aromatic heterocycles. The van der Waals surface area contributed by atoms with Gasteiger partial charge in [0.2, 0.25) is 0 Å². The smallest absolute Gasteiger partial charge is 0.358 e. The van der Waals surface area contributed by atoms with E-state index < -0.39 is 5.97 Å². The number of carbonyl (C=O) groups is 2. The third-order valence-electron chi connectivity index (χ3n) is 5.10. The molecule has 0 atom stereocenters. The Bertz CT molecular complexity index is 1130. The maximum absolute atomic E-state index is 12.9. The van der Waals surface area contributed by atoms with Crippen molar-refractivity contribution in [3.05, 3.63) is 83.6 Å². The molecule has 3 aromatic rings. The van der Waals surface area contributed by atoms with Gasteiger partial charge in [-0.15, -0.1) is 0 Å². The van der Waals surface area contributed by atoms with Gasteiger partial charge in [-0.25, -0.2) is 9.48 Å². The average molecular weight is 432 g/mol. The second-order valence-electron chi connectivity index (χ2n) is 7.69. The van der Waals surface area contributed by atoms with E-state index >= 15 is 0 Å². The lowest BCUT2D eigenvalue weighted by atomic mass is 10.1. The summed E-state index contributed by atoms with van der Waals surface area (Å²) >= 11 is 0. The molecule has 0 saturated heterocycles. The third kappa shape index (κ3) is 4.97.